The van der Waals surface area contributed by atoms with E-state index in [9.17, 15) is 14.9 Å². The standard InChI is InChI=1S/C18H16N6O3/c25-18(13-10-21-15-9-11(24(26)27)5-6-12(13)15)20-8-2-4-16-22-14-3-1-7-19-17(14)23-16/h1,3,5-7,9-10,21H,2,4,8H2,(H,20,25)(H,19,22,23). The Balaban J connectivity index is 1.36. The number of carbonyl (C=O) groups excluding carboxylic acids is 1. The van der Waals surface area contributed by atoms with Gasteiger partial charge in [-0.1, -0.05) is 0 Å². The number of nitrogens with one attached hydrogen (secondary N) is 3. The summed E-state index contributed by atoms with van der Waals surface area (Å²) in [6, 6.07) is 8.16. The van der Waals surface area contributed by atoms with Crippen molar-refractivity contribution in [1.82, 2.24) is 25.3 Å². The van der Waals surface area contributed by atoms with Gasteiger partial charge in [0.15, 0.2) is 5.65 Å². The van der Waals surface area contributed by atoms with Crippen LogP contribution in [0, 0.1) is 10.1 Å². The molecule has 27 heavy (non-hydrogen) atoms. The van der Waals surface area contributed by atoms with Crippen molar-refractivity contribution in [1.29, 1.82) is 0 Å². The molecule has 1 aromatic carbocycles. The predicted octanol–water partition coefficient (Wildman–Crippen LogP) is 2.71. The molecule has 0 radical (unpaired) electrons. The van der Waals surface area contributed by atoms with Gasteiger partial charge in [0.1, 0.15) is 5.82 Å². The summed E-state index contributed by atoms with van der Waals surface area (Å²) in [4.78, 5) is 37.5. The summed E-state index contributed by atoms with van der Waals surface area (Å²) in [6.07, 6.45) is 4.67. The highest BCUT2D eigenvalue weighted by atomic mass is 16.6. The number of non-ortho nitro benzene ring substituents is 1. The Bertz CT molecular complexity index is 1110. The van der Waals surface area contributed by atoms with Crippen LogP contribution in [0.5, 0.6) is 0 Å². The molecule has 0 atom stereocenters. The molecule has 9 heteroatoms. The second-order valence-corrected chi connectivity index (χ2v) is 6.11. The first-order chi connectivity index (χ1) is 13.1. The van der Waals surface area contributed by atoms with Gasteiger partial charge in [0, 0.05) is 42.9 Å². The normalized spacial score (nSPS) is 11.1. The van der Waals surface area contributed by atoms with Crippen molar-refractivity contribution >= 4 is 33.7 Å². The third-order valence-electron chi connectivity index (χ3n) is 4.30. The molecule has 0 saturated carbocycles. The lowest BCUT2D eigenvalue weighted by Crippen LogP contribution is -2.24. The molecule has 0 aliphatic carbocycles. The Morgan fingerprint density at radius 1 is 1.26 bits per heavy atom. The number of hydrogen-bond donors (Lipinski definition) is 3. The van der Waals surface area contributed by atoms with Crippen molar-refractivity contribution < 1.29 is 9.72 Å². The second kappa shape index (κ2) is 6.87. The smallest absolute Gasteiger partial charge is 0.271 e. The number of nitrogens with zero attached hydrogens (tertiary/aromatic N) is 3. The van der Waals surface area contributed by atoms with Gasteiger partial charge in [0.2, 0.25) is 0 Å². The fraction of sp³-hybridized carbons (Fsp3) is 0.167. The number of imidazole rings is 1. The minimum Gasteiger partial charge on any atom is -0.360 e. The summed E-state index contributed by atoms with van der Waals surface area (Å²) in [5.41, 5.74) is 2.59. The quantitative estimate of drug-likeness (QED) is 0.275. The number of nitro groups is 1. The van der Waals surface area contributed by atoms with Gasteiger partial charge in [-0.2, -0.15) is 0 Å². The topological polar surface area (TPSA) is 130 Å². The molecule has 1 amide bonds. The molecule has 3 heterocycles. The Labute approximate surface area is 153 Å². The van der Waals surface area contributed by atoms with Crippen LogP contribution in [0.4, 0.5) is 5.69 Å². The Morgan fingerprint density at radius 3 is 2.96 bits per heavy atom. The van der Waals surface area contributed by atoms with E-state index < -0.39 is 4.92 Å². The minimum atomic E-state index is -0.465. The van der Waals surface area contributed by atoms with E-state index in [1.807, 2.05) is 12.1 Å². The van der Waals surface area contributed by atoms with Crippen molar-refractivity contribution in [3.05, 3.63) is 64.2 Å². The number of amides is 1. The zero-order valence-corrected chi connectivity index (χ0v) is 14.2. The molecular weight excluding hydrogens is 348 g/mol. The van der Waals surface area contributed by atoms with Gasteiger partial charge < -0.3 is 15.3 Å². The van der Waals surface area contributed by atoms with Crippen LogP contribution in [0.3, 0.4) is 0 Å². The maximum Gasteiger partial charge on any atom is 0.271 e. The lowest BCUT2D eigenvalue weighted by Gasteiger charge is -2.03. The summed E-state index contributed by atoms with van der Waals surface area (Å²) >= 11 is 0. The van der Waals surface area contributed by atoms with E-state index in [0.717, 1.165) is 17.8 Å². The van der Waals surface area contributed by atoms with Crippen LogP contribution in [0.25, 0.3) is 22.1 Å². The van der Waals surface area contributed by atoms with Crippen LogP contribution in [0.2, 0.25) is 0 Å². The van der Waals surface area contributed by atoms with Gasteiger partial charge in [-0.3, -0.25) is 14.9 Å². The molecule has 0 unspecified atom stereocenters. The fourth-order valence-electron chi connectivity index (χ4n) is 2.98. The lowest BCUT2D eigenvalue weighted by atomic mass is 10.1. The molecule has 0 bridgehead atoms. The van der Waals surface area contributed by atoms with Crippen LogP contribution < -0.4 is 5.32 Å². The van der Waals surface area contributed by atoms with E-state index in [1.54, 1.807) is 18.5 Å². The van der Waals surface area contributed by atoms with Gasteiger partial charge in [-0.05, 0) is 24.6 Å². The number of benzene rings is 1. The Hall–Kier alpha value is -3.75. The Kier molecular flexibility index (Phi) is 4.25. The third-order valence-corrected chi connectivity index (χ3v) is 4.30. The first kappa shape index (κ1) is 16.7. The molecule has 4 aromatic rings. The summed E-state index contributed by atoms with van der Waals surface area (Å²) in [6.45, 7) is 0.489. The van der Waals surface area contributed by atoms with Crippen LogP contribution >= 0.6 is 0 Å². The van der Waals surface area contributed by atoms with Crippen molar-refractivity contribution in [3.63, 3.8) is 0 Å². The summed E-state index contributed by atoms with van der Waals surface area (Å²) in [7, 11) is 0. The third kappa shape index (κ3) is 3.34. The largest absolute Gasteiger partial charge is 0.360 e. The van der Waals surface area contributed by atoms with Crippen LogP contribution in [0.1, 0.15) is 22.6 Å². The average molecular weight is 364 g/mol. The number of carbonyl (C=O) groups is 1. The number of pyridine rings is 1. The maximum absolute atomic E-state index is 12.4. The van der Waals surface area contributed by atoms with E-state index in [2.05, 4.69) is 25.3 Å². The molecule has 4 rings (SSSR count). The summed E-state index contributed by atoms with van der Waals surface area (Å²) in [5, 5.41) is 14.4. The second-order valence-electron chi connectivity index (χ2n) is 6.11. The molecule has 0 saturated heterocycles. The number of H-pyrrole nitrogens is 2. The molecule has 3 aromatic heterocycles. The number of hydrogen-bond acceptors (Lipinski definition) is 5. The van der Waals surface area contributed by atoms with Gasteiger partial charge in [0.25, 0.3) is 11.6 Å². The monoisotopic (exact) mass is 364 g/mol. The number of aromatic nitrogens is 4. The van der Waals surface area contributed by atoms with Gasteiger partial charge >= 0.3 is 0 Å². The minimum absolute atomic E-state index is 0.0170. The number of aromatic amines is 2. The summed E-state index contributed by atoms with van der Waals surface area (Å²) < 4.78 is 0. The van der Waals surface area contributed by atoms with E-state index in [4.69, 9.17) is 0 Å². The first-order valence-corrected chi connectivity index (χ1v) is 8.45. The maximum atomic E-state index is 12.4. The van der Waals surface area contributed by atoms with Crippen molar-refractivity contribution in [2.75, 3.05) is 6.54 Å². The zero-order chi connectivity index (χ0) is 18.8. The molecule has 0 aliphatic heterocycles. The molecule has 0 spiro atoms. The number of nitro benzene ring substituents is 1. The fourth-order valence-corrected chi connectivity index (χ4v) is 2.98. The van der Waals surface area contributed by atoms with Crippen molar-refractivity contribution in [3.8, 4) is 0 Å². The molecular formula is C18H16N6O3. The van der Waals surface area contributed by atoms with E-state index >= 15 is 0 Å². The summed E-state index contributed by atoms with van der Waals surface area (Å²) in [5.74, 6) is 0.610. The molecule has 0 fully saturated rings. The van der Waals surface area contributed by atoms with E-state index in [1.165, 1.54) is 12.1 Å². The van der Waals surface area contributed by atoms with E-state index in [-0.39, 0.29) is 11.6 Å². The lowest BCUT2D eigenvalue weighted by molar-refractivity contribution is -0.384. The highest BCUT2D eigenvalue weighted by Gasteiger charge is 2.14. The van der Waals surface area contributed by atoms with Crippen LogP contribution in [-0.4, -0.2) is 37.3 Å². The molecule has 3 N–H and O–H groups in total. The first-order valence-electron chi connectivity index (χ1n) is 8.45. The van der Waals surface area contributed by atoms with Gasteiger partial charge in [0.05, 0.1) is 21.5 Å². The van der Waals surface area contributed by atoms with Crippen LogP contribution in [-0.2, 0) is 6.42 Å². The number of fused-ring (bicyclic) bond motifs is 2. The molecule has 9 nitrogen and oxygen atoms in total. The van der Waals surface area contributed by atoms with Crippen LogP contribution in [0.15, 0.2) is 42.7 Å². The van der Waals surface area contributed by atoms with Crippen molar-refractivity contribution in [2.24, 2.45) is 0 Å². The molecule has 136 valence electrons. The zero-order valence-electron chi connectivity index (χ0n) is 14.2. The van der Waals surface area contributed by atoms with E-state index in [0.29, 0.717) is 35.1 Å². The molecule has 0 aliphatic rings. The highest BCUT2D eigenvalue weighted by molar-refractivity contribution is 6.07. The SMILES string of the molecule is O=C(NCCCc1nc2ncccc2[nH]1)c1c[nH]c2cc([N+](=O)[O-])ccc12. The van der Waals surface area contributed by atoms with Gasteiger partial charge in [-0.25, -0.2) is 9.97 Å². The average Bonchev–Trinajstić information content (AvgIpc) is 3.27. The van der Waals surface area contributed by atoms with Crippen molar-refractivity contribution in [2.45, 2.75) is 12.8 Å². The van der Waals surface area contributed by atoms with Gasteiger partial charge in [-0.15, -0.1) is 0 Å². The number of aryl methyl sites for hydroxylation is 1. The Morgan fingerprint density at radius 2 is 2.15 bits per heavy atom. The number of rotatable bonds is 6. The highest BCUT2D eigenvalue weighted by Crippen LogP contribution is 2.23. The predicted molar refractivity (Wildman–Crippen MR) is 99.5 cm³/mol.